The fraction of sp³-hybridized carbons (Fsp3) is 0.769. The highest BCUT2D eigenvalue weighted by atomic mass is 16.4. The SMILES string of the molecule is CCC(CC1CC1)NCc1nc(C)c(C)o1. The smallest absolute Gasteiger partial charge is 0.208 e. The van der Waals surface area contributed by atoms with Crippen molar-refractivity contribution in [2.45, 2.75) is 59.0 Å². The maximum Gasteiger partial charge on any atom is 0.208 e. The lowest BCUT2D eigenvalue weighted by atomic mass is 10.1. The second-order valence-corrected chi connectivity index (χ2v) is 4.91. The van der Waals surface area contributed by atoms with Gasteiger partial charge in [0, 0.05) is 6.04 Å². The van der Waals surface area contributed by atoms with Crippen molar-refractivity contribution in [3.63, 3.8) is 0 Å². The lowest BCUT2D eigenvalue weighted by Gasteiger charge is -2.14. The molecule has 1 N–H and O–H groups in total. The Bertz CT molecular complexity index is 322. The summed E-state index contributed by atoms with van der Waals surface area (Å²) in [5.41, 5.74) is 1.01. The lowest BCUT2D eigenvalue weighted by Crippen LogP contribution is -2.28. The minimum absolute atomic E-state index is 0.625. The van der Waals surface area contributed by atoms with E-state index in [0.717, 1.165) is 29.8 Å². The van der Waals surface area contributed by atoms with Crippen molar-refractivity contribution >= 4 is 0 Å². The van der Waals surface area contributed by atoms with Gasteiger partial charge in [-0.05, 0) is 32.6 Å². The van der Waals surface area contributed by atoms with E-state index < -0.39 is 0 Å². The number of aryl methyl sites for hydroxylation is 2. The zero-order valence-corrected chi connectivity index (χ0v) is 10.5. The third-order valence-corrected chi connectivity index (χ3v) is 3.42. The minimum atomic E-state index is 0.625. The van der Waals surface area contributed by atoms with E-state index in [-0.39, 0.29) is 0 Å². The Morgan fingerprint density at radius 1 is 1.44 bits per heavy atom. The number of aromatic nitrogens is 1. The molecule has 3 nitrogen and oxygen atoms in total. The van der Waals surface area contributed by atoms with Crippen molar-refractivity contribution < 1.29 is 4.42 Å². The van der Waals surface area contributed by atoms with Crippen molar-refractivity contribution in [3.8, 4) is 0 Å². The third kappa shape index (κ3) is 3.08. The van der Waals surface area contributed by atoms with E-state index in [0.29, 0.717) is 6.04 Å². The summed E-state index contributed by atoms with van der Waals surface area (Å²) in [6.07, 6.45) is 5.36. The van der Waals surface area contributed by atoms with Gasteiger partial charge in [-0.3, -0.25) is 0 Å². The van der Waals surface area contributed by atoms with Crippen LogP contribution in [-0.2, 0) is 6.54 Å². The van der Waals surface area contributed by atoms with Crippen LogP contribution in [0.2, 0.25) is 0 Å². The molecule has 0 amide bonds. The van der Waals surface area contributed by atoms with E-state index in [1.165, 1.54) is 25.7 Å². The molecule has 1 heterocycles. The first-order chi connectivity index (χ1) is 7.69. The second kappa shape index (κ2) is 5.00. The summed E-state index contributed by atoms with van der Waals surface area (Å²) in [5.74, 6) is 2.74. The highest BCUT2D eigenvalue weighted by Gasteiger charge is 2.24. The zero-order chi connectivity index (χ0) is 11.5. The van der Waals surface area contributed by atoms with Gasteiger partial charge in [-0.1, -0.05) is 19.8 Å². The normalized spacial score (nSPS) is 17.7. The van der Waals surface area contributed by atoms with E-state index >= 15 is 0 Å². The predicted molar refractivity (Wildman–Crippen MR) is 64.2 cm³/mol. The van der Waals surface area contributed by atoms with Crippen molar-refractivity contribution in [2.24, 2.45) is 5.92 Å². The molecule has 1 aliphatic carbocycles. The highest BCUT2D eigenvalue weighted by Crippen LogP contribution is 2.34. The summed E-state index contributed by atoms with van der Waals surface area (Å²) in [6.45, 7) is 6.96. The molecule has 0 radical (unpaired) electrons. The molecular weight excluding hydrogens is 200 g/mol. The Balaban J connectivity index is 1.79. The maximum absolute atomic E-state index is 5.56. The van der Waals surface area contributed by atoms with Crippen LogP contribution in [0, 0.1) is 19.8 Å². The van der Waals surface area contributed by atoms with Gasteiger partial charge in [0.2, 0.25) is 5.89 Å². The van der Waals surface area contributed by atoms with Gasteiger partial charge in [-0.25, -0.2) is 4.98 Å². The van der Waals surface area contributed by atoms with E-state index in [4.69, 9.17) is 4.42 Å². The summed E-state index contributed by atoms with van der Waals surface area (Å²) in [4.78, 5) is 4.38. The summed E-state index contributed by atoms with van der Waals surface area (Å²) in [7, 11) is 0. The van der Waals surface area contributed by atoms with E-state index in [9.17, 15) is 0 Å². The molecule has 0 bridgehead atoms. The number of hydrogen-bond donors (Lipinski definition) is 1. The molecule has 0 saturated heterocycles. The first kappa shape index (κ1) is 11.6. The van der Waals surface area contributed by atoms with E-state index in [1.54, 1.807) is 0 Å². The molecule has 0 aliphatic heterocycles. The van der Waals surface area contributed by atoms with Crippen molar-refractivity contribution in [1.82, 2.24) is 10.3 Å². The molecule has 1 aromatic rings. The highest BCUT2D eigenvalue weighted by molar-refractivity contribution is 5.05. The van der Waals surface area contributed by atoms with Gasteiger partial charge < -0.3 is 9.73 Å². The fourth-order valence-electron chi connectivity index (χ4n) is 2.00. The molecule has 1 atom stereocenters. The van der Waals surface area contributed by atoms with Crippen LogP contribution in [-0.4, -0.2) is 11.0 Å². The molecule has 1 aliphatic rings. The molecule has 0 aromatic carbocycles. The molecule has 1 saturated carbocycles. The van der Waals surface area contributed by atoms with Gasteiger partial charge in [0.25, 0.3) is 0 Å². The first-order valence-corrected chi connectivity index (χ1v) is 6.35. The molecule has 1 unspecified atom stereocenters. The van der Waals surface area contributed by atoms with Gasteiger partial charge in [-0.15, -0.1) is 0 Å². The Morgan fingerprint density at radius 2 is 2.19 bits per heavy atom. The Labute approximate surface area is 97.6 Å². The van der Waals surface area contributed by atoms with Gasteiger partial charge in [-0.2, -0.15) is 0 Å². The summed E-state index contributed by atoms with van der Waals surface area (Å²) < 4.78 is 5.56. The molecule has 1 fully saturated rings. The minimum Gasteiger partial charge on any atom is -0.444 e. The van der Waals surface area contributed by atoms with Crippen LogP contribution in [0.3, 0.4) is 0 Å². The zero-order valence-electron chi connectivity index (χ0n) is 10.5. The average molecular weight is 222 g/mol. The third-order valence-electron chi connectivity index (χ3n) is 3.42. The van der Waals surface area contributed by atoms with Crippen LogP contribution < -0.4 is 5.32 Å². The van der Waals surface area contributed by atoms with Crippen LogP contribution in [0.25, 0.3) is 0 Å². The van der Waals surface area contributed by atoms with E-state index in [1.807, 2.05) is 13.8 Å². The van der Waals surface area contributed by atoms with Crippen LogP contribution in [0.1, 0.15) is 50.0 Å². The number of hydrogen-bond acceptors (Lipinski definition) is 3. The van der Waals surface area contributed by atoms with Gasteiger partial charge in [0.05, 0.1) is 12.2 Å². The van der Waals surface area contributed by atoms with Crippen molar-refractivity contribution in [2.75, 3.05) is 0 Å². The van der Waals surface area contributed by atoms with Crippen molar-refractivity contribution in [3.05, 3.63) is 17.3 Å². The molecule has 1 aromatic heterocycles. The Hall–Kier alpha value is -0.830. The summed E-state index contributed by atoms with van der Waals surface area (Å²) in [6, 6.07) is 0.625. The Morgan fingerprint density at radius 3 is 2.69 bits per heavy atom. The first-order valence-electron chi connectivity index (χ1n) is 6.35. The van der Waals surface area contributed by atoms with Gasteiger partial charge in [0.15, 0.2) is 0 Å². The molecule has 2 rings (SSSR count). The van der Waals surface area contributed by atoms with E-state index in [2.05, 4.69) is 17.2 Å². The summed E-state index contributed by atoms with van der Waals surface area (Å²) in [5, 5.41) is 3.54. The summed E-state index contributed by atoms with van der Waals surface area (Å²) >= 11 is 0. The van der Waals surface area contributed by atoms with Gasteiger partial charge in [0.1, 0.15) is 5.76 Å². The van der Waals surface area contributed by atoms with Crippen LogP contribution in [0.4, 0.5) is 0 Å². The predicted octanol–water partition coefficient (Wildman–Crippen LogP) is 2.96. The van der Waals surface area contributed by atoms with Crippen LogP contribution in [0.15, 0.2) is 4.42 Å². The molecule has 90 valence electrons. The number of nitrogens with zero attached hydrogens (tertiary/aromatic N) is 1. The number of oxazole rings is 1. The Kier molecular flexibility index (Phi) is 3.64. The van der Waals surface area contributed by atoms with Crippen molar-refractivity contribution in [1.29, 1.82) is 0 Å². The topological polar surface area (TPSA) is 38.1 Å². The lowest BCUT2D eigenvalue weighted by molar-refractivity contribution is 0.394. The molecule has 16 heavy (non-hydrogen) atoms. The quantitative estimate of drug-likeness (QED) is 0.804. The standard InChI is InChI=1S/C13H22N2O/c1-4-12(7-11-5-6-11)14-8-13-15-9(2)10(3)16-13/h11-12,14H,4-8H2,1-3H3. The fourth-order valence-corrected chi connectivity index (χ4v) is 2.00. The average Bonchev–Trinajstić information content (AvgIpc) is 3.01. The largest absolute Gasteiger partial charge is 0.444 e. The number of rotatable bonds is 6. The molecular formula is C13H22N2O. The molecule has 0 spiro atoms. The van der Waals surface area contributed by atoms with Crippen LogP contribution >= 0.6 is 0 Å². The second-order valence-electron chi connectivity index (χ2n) is 4.91. The van der Waals surface area contributed by atoms with Crippen LogP contribution in [0.5, 0.6) is 0 Å². The molecule has 3 heteroatoms. The van der Waals surface area contributed by atoms with Gasteiger partial charge >= 0.3 is 0 Å². The monoisotopic (exact) mass is 222 g/mol. The number of nitrogens with one attached hydrogen (secondary N) is 1. The maximum atomic E-state index is 5.56.